The summed E-state index contributed by atoms with van der Waals surface area (Å²) in [6.45, 7) is 7.94. The highest BCUT2D eigenvalue weighted by molar-refractivity contribution is 7.10. The Balaban J connectivity index is 1.48. The molecule has 0 radical (unpaired) electrons. The molecule has 1 aromatic carbocycles. The average molecular weight is 457 g/mol. The van der Waals surface area contributed by atoms with E-state index < -0.39 is 0 Å². The fraction of sp³-hybridized carbons (Fsp3) is 0.520. The summed E-state index contributed by atoms with van der Waals surface area (Å²) >= 11 is 1.74. The third-order valence-corrected chi connectivity index (χ3v) is 7.36. The number of nitrogens with zero attached hydrogens (tertiary/aromatic N) is 2. The highest BCUT2D eigenvalue weighted by Crippen LogP contribution is 2.34. The number of hydrogen-bond acceptors (Lipinski definition) is 5. The van der Waals surface area contributed by atoms with Crippen molar-refractivity contribution in [2.75, 3.05) is 32.8 Å². The van der Waals surface area contributed by atoms with Gasteiger partial charge in [-0.05, 0) is 61.7 Å². The van der Waals surface area contributed by atoms with Crippen LogP contribution in [0.4, 0.5) is 0 Å². The van der Waals surface area contributed by atoms with Crippen molar-refractivity contribution in [3.8, 4) is 5.75 Å². The SMILES string of the molecule is CC(=O)N(CC(=O)N1CCc2sccc2C1COc1ccc(C)cc1C)CC1CCCO1. The van der Waals surface area contributed by atoms with E-state index in [-0.39, 0.29) is 30.5 Å². The van der Waals surface area contributed by atoms with Crippen molar-refractivity contribution >= 4 is 23.2 Å². The highest BCUT2D eigenvalue weighted by atomic mass is 32.1. The molecule has 2 aromatic rings. The third-order valence-electron chi connectivity index (χ3n) is 6.36. The Kier molecular flexibility index (Phi) is 7.16. The smallest absolute Gasteiger partial charge is 0.242 e. The van der Waals surface area contributed by atoms with Crippen LogP contribution in [-0.2, 0) is 20.7 Å². The molecule has 2 atom stereocenters. The van der Waals surface area contributed by atoms with Crippen LogP contribution in [0, 0.1) is 13.8 Å². The number of fused-ring (bicyclic) bond motifs is 1. The second-order valence-corrected chi connectivity index (χ2v) is 9.77. The van der Waals surface area contributed by atoms with Crippen molar-refractivity contribution in [2.45, 2.75) is 52.2 Å². The summed E-state index contributed by atoms with van der Waals surface area (Å²) in [4.78, 5) is 30.5. The molecule has 2 amide bonds. The van der Waals surface area contributed by atoms with Gasteiger partial charge >= 0.3 is 0 Å². The van der Waals surface area contributed by atoms with E-state index in [9.17, 15) is 9.59 Å². The lowest BCUT2D eigenvalue weighted by Crippen LogP contribution is -2.48. The molecule has 2 aliphatic rings. The minimum absolute atomic E-state index is 0.0279. The number of rotatable bonds is 7. The first-order chi connectivity index (χ1) is 15.4. The number of thiophene rings is 1. The zero-order valence-electron chi connectivity index (χ0n) is 19.1. The molecule has 0 bridgehead atoms. The maximum absolute atomic E-state index is 13.4. The molecule has 0 spiro atoms. The fourth-order valence-corrected chi connectivity index (χ4v) is 5.53. The molecule has 7 heteroatoms. The van der Waals surface area contributed by atoms with Crippen LogP contribution in [0.3, 0.4) is 0 Å². The molecule has 3 heterocycles. The quantitative estimate of drug-likeness (QED) is 0.634. The summed E-state index contributed by atoms with van der Waals surface area (Å²) in [6.07, 6.45) is 2.81. The molecule has 2 aliphatic heterocycles. The largest absolute Gasteiger partial charge is 0.491 e. The van der Waals surface area contributed by atoms with Crippen molar-refractivity contribution in [1.82, 2.24) is 9.80 Å². The molecular formula is C25H32N2O4S. The Morgan fingerprint density at radius 3 is 2.84 bits per heavy atom. The normalized spacial score (nSPS) is 20.2. The van der Waals surface area contributed by atoms with Gasteiger partial charge in [0.15, 0.2) is 0 Å². The Bertz CT molecular complexity index is 967. The topological polar surface area (TPSA) is 59.1 Å². The summed E-state index contributed by atoms with van der Waals surface area (Å²) in [6, 6.07) is 8.08. The maximum atomic E-state index is 13.4. The van der Waals surface area contributed by atoms with Gasteiger partial charge in [-0.3, -0.25) is 9.59 Å². The van der Waals surface area contributed by atoms with E-state index >= 15 is 0 Å². The fourth-order valence-electron chi connectivity index (χ4n) is 4.60. The van der Waals surface area contributed by atoms with Gasteiger partial charge in [0.2, 0.25) is 11.8 Å². The van der Waals surface area contributed by atoms with Crippen LogP contribution in [0.25, 0.3) is 0 Å². The first-order valence-corrected chi connectivity index (χ1v) is 12.2. The van der Waals surface area contributed by atoms with Crippen molar-refractivity contribution in [2.24, 2.45) is 0 Å². The zero-order chi connectivity index (χ0) is 22.7. The second-order valence-electron chi connectivity index (χ2n) is 8.77. The van der Waals surface area contributed by atoms with E-state index in [0.717, 1.165) is 42.7 Å². The van der Waals surface area contributed by atoms with E-state index in [2.05, 4.69) is 24.4 Å². The molecule has 0 N–H and O–H groups in total. The van der Waals surface area contributed by atoms with Crippen molar-refractivity contribution in [3.63, 3.8) is 0 Å². The minimum Gasteiger partial charge on any atom is -0.491 e. The van der Waals surface area contributed by atoms with Crippen LogP contribution in [0.5, 0.6) is 5.75 Å². The van der Waals surface area contributed by atoms with Gasteiger partial charge in [0, 0.05) is 31.5 Å². The molecule has 0 saturated carbocycles. The zero-order valence-corrected chi connectivity index (χ0v) is 20.0. The van der Waals surface area contributed by atoms with Crippen molar-refractivity contribution in [3.05, 3.63) is 51.2 Å². The molecule has 1 fully saturated rings. The number of hydrogen-bond donors (Lipinski definition) is 0. The van der Waals surface area contributed by atoms with Crippen molar-refractivity contribution in [1.29, 1.82) is 0 Å². The molecular weight excluding hydrogens is 424 g/mol. The maximum Gasteiger partial charge on any atom is 0.242 e. The van der Waals surface area contributed by atoms with Gasteiger partial charge in [-0.15, -0.1) is 11.3 Å². The Labute approximate surface area is 194 Å². The van der Waals surface area contributed by atoms with Crippen molar-refractivity contribution < 1.29 is 19.1 Å². The highest BCUT2D eigenvalue weighted by Gasteiger charge is 2.34. The summed E-state index contributed by atoms with van der Waals surface area (Å²) in [7, 11) is 0. The number of amides is 2. The molecule has 4 rings (SSSR count). The van der Waals surface area contributed by atoms with E-state index in [4.69, 9.17) is 9.47 Å². The van der Waals surface area contributed by atoms with Gasteiger partial charge in [0.05, 0.1) is 18.7 Å². The van der Waals surface area contributed by atoms with E-state index in [1.165, 1.54) is 17.4 Å². The predicted molar refractivity (Wildman–Crippen MR) is 125 cm³/mol. The average Bonchev–Trinajstić information content (AvgIpc) is 3.44. The second kappa shape index (κ2) is 10.0. The Morgan fingerprint density at radius 1 is 1.28 bits per heavy atom. The molecule has 2 unspecified atom stereocenters. The molecule has 32 heavy (non-hydrogen) atoms. The monoisotopic (exact) mass is 456 g/mol. The van der Waals surface area contributed by atoms with Crippen LogP contribution in [0.1, 0.15) is 47.4 Å². The minimum atomic E-state index is -0.158. The van der Waals surface area contributed by atoms with Gasteiger partial charge < -0.3 is 19.3 Å². The third kappa shape index (κ3) is 5.15. The Morgan fingerprint density at radius 2 is 2.12 bits per heavy atom. The van der Waals surface area contributed by atoms with Gasteiger partial charge in [-0.1, -0.05) is 17.7 Å². The number of carbonyl (C=O) groups is 2. The standard InChI is InChI=1S/C25H32N2O4S/c1-17-6-7-23(18(2)13-17)31-16-22-21-9-12-32-24(21)8-10-27(22)25(29)15-26(19(3)28)14-20-5-4-11-30-20/h6-7,9,12-13,20,22H,4-5,8,10-11,14-16H2,1-3H3. The summed E-state index contributed by atoms with van der Waals surface area (Å²) in [5, 5.41) is 2.09. The first-order valence-electron chi connectivity index (χ1n) is 11.3. The van der Waals surface area contributed by atoms with Crippen LogP contribution >= 0.6 is 11.3 Å². The van der Waals surface area contributed by atoms with Crippen LogP contribution in [0.2, 0.25) is 0 Å². The number of aryl methyl sites for hydroxylation is 2. The lowest BCUT2D eigenvalue weighted by atomic mass is 10.00. The number of benzene rings is 1. The van der Waals surface area contributed by atoms with E-state index in [0.29, 0.717) is 19.7 Å². The van der Waals surface area contributed by atoms with Gasteiger partial charge in [0.25, 0.3) is 0 Å². The van der Waals surface area contributed by atoms with Gasteiger partial charge in [0.1, 0.15) is 12.4 Å². The van der Waals surface area contributed by atoms with Gasteiger partial charge in [-0.25, -0.2) is 0 Å². The van der Waals surface area contributed by atoms with Crippen LogP contribution < -0.4 is 4.74 Å². The van der Waals surface area contributed by atoms with Crippen LogP contribution in [-0.4, -0.2) is 60.6 Å². The molecule has 1 aromatic heterocycles. The van der Waals surface area contributed by atoms with Crippen LogP contribution in [0.15, 0.2) is 29.6 Å². The number of ether oxygens (including phenoxy) is 2. The van der Waals surface area contributed by atoms with Gasteiger partial charge in [-0.2, -0.15) is 0 Å². The first kappa shape index (κ1) is 22.8. The molecule has 6 nitrogen and oxygen atoms in total. The van der Waals surface area contributed by atoms with E-state index in [1.807, 2.05) is 24.0 Å². The molecule has 172 valence electrons. The molecule has 1 saturated heterocycles. The lowest BCUT2D eigenvalue weighted by molar-refractivity contribution is -0.142. The molecule has 0 aliphatic carbocycles. The summed E-state index contributed by atoms with van der Waals surface area (Å²) in [5.41, 5.74) is 3.44. The van der Waals surface area contributed by atoms with E-state index in [1.54, 1.807) is 16.2 Å². The number of carbonyl (C=O) groups excluding carboxylic acids is 2. The lowest BCUT2D eigenvalue weighted by Gasteiger charge is -2.37. The summed E-state index contributed by atoms with van der Waals surface area (Å²) in [5.74, 6) is 0.712. The summed E-state index contributed by atoms with van der Waals surface area (Å²) < 4.78 is 11.9. The predicted octanol–water partition coefficient (Wildman–Crippen LogP) is 3.90. The Hall–Kier alpha value is -2.38.